The average Bonchev–Trinajstić information content (AvgIpc) is 2.83. The van der Waals surface area contributed by atoms with E-state index >= 15 is 0 Å². The molecule has 0 radical (unpaired) electrons. The average molecular weight is 298 g/mol. The van der Waals surface area contributed by atoms with Crippen molar-refractivity contribution < 1.29 is 9.53 Å². The van der Waals surface area contributed by atoms with Gasteiger partial charge in [-0.2, -0.15) is 0 Å². The Morgan fingerprint density at radius 1 is 1.29 bits per heavy atom. The summed E-state index contributed by atoms with van der Waals surface area (Å²) >= 11 is 3.19. The second kappa shape index (κ2) is 6.05. The van der Waals surface area contributed by atoms with Crippen molar-refractivity contribution in [1.82, 2.24) is 5.32 Å². The molecule has 0 bridgehead atoms. The number of rotatable bonds is 4. The molecule has 1 saturated carbocycles. The number of hydrogen-bond acceptors (Lipinski definition) is 2. The highest BCUT2D eigenvalue weighted by atomic mass is 79.9. The van der Waals surface area contributed by atoms with Gasteiger partial charge >= 0.3 is 0 Å². The fourth-order valence-corrected chi connectivity index (χ4v) is 2.37. The van der Waals surface area contributed by atoms with Gasteiger partial charge in [-0.25, -0.2) is 0 Å². The van der Waals surface area contributed by atoms with E-state index in [-0.39, 0.29) is 5.91 Å². The maximum absolute atomic E-state index is 11.9. The lowest BCUT2D eigenvalue weighted by atomic mass is 10.2. The molecule has 1 amide bonds. The standard InChI is InChI=1S/C13H16BrNO2/c14-9-17-12-7-5-10(6-8-12)13(16)15-11-3-1-2-4-11/h5-8,11H,1-4,9H2,(H,15,16). The van der Waals surface area contributed by atoms with Crippen LogP contribution in [0.25, 0.3) is 0 Å². The monoisotopic (exact) mass is 297 g/mol. The summed E-state index contributed by atoms with van der Waals surface area (Å²) in [6.07, 6.45) is 4.67. The Balaban J connectivity index is 1.93. The van der Waals surface area contributed by atoms with E-state index in [1.165, 1.54) is 12.8 Å². The first-order valence-electron chi connectivity index (χ1n) is 5.89. The molecule has 17 heavy (non-hydrogen) atoms. The Kier molecular flexibility index (Phi) is 4.42. The molecule has 1 N–H and O–H groups in total. The summed E-state index contributed by atoms with van der Waals surface area (Å²) in [5, 5.41) is 3.06. The molecule has 0 aliphatic heterocycles. The molecule has 0 heterocycles. The highest BCUT2D eigenvalue weighted by molar-refractivity contribution is 9.09. The molecule has 3 nitrogen and oxygen atoms in total. The van der Waals surface area contributed by atoms with Crippen LogP contribution in [0.2, 0.25) is 0 Å². The Morgan fingerprint density at radius 3 is 2.53 bits per heavy atom. The van der Waals surface area contributed by atoms with E-state index in [9.17, 15) is 4.79 Å². The van der Waals surface area contributed by atoms with Crippen molar-refractivity contribution in [2.45, 2.75) is 31.7 Å². The number of ether oxygens (including phenoxy) is 1. The molecule has 1 aromatic carbocycles. The third-order valence-electron chi connectivity index (χ3n) is 3.03. The molecule has 1 fully saturated rings. The minimum absolute atomic E-state index is 0.0160. The fraction of sp³-hybridized carbons (Fsp3) is 0.462. The predicted octanol–water partition coefficient (Wildman–Crippen LogP) is 3.09. The van der Waals surface area contributed by atoms with Crippen LogP contribution >= 0.6 is 15.9 Å². The molecule has 92 valence electrons. The first-order chi connectivity index (χ1) is 8.29. The van der Waals surface area contributed by atoms with Crippen molar-refractivity contribution in [1.29, 1.82) is 0 Å². The predicted molar refractivity (Wildman–Crippen MR) is 70.6 cm³/mol. The lowest BCUT2D eigenvalue weighted by Crippen LogP contribution is -2.32. The zero-order valence-corrected chi connectivity index (χ0v) is 11.2. The SMILES string of the molecule is O=C(NC1CCCC1)c1ccc(OCBr)cc1. The largest absolute Gasteiger partial charge is 0.482 e. The minimum Gasteiger partial charge on any atom is -0.482 e. The highest BCUT2D eigenvalue weighted by Gasteiger charge is 2.17. The number of amides is 1. The van der Waals surface area contributed by atoms with Crippen molar-refractivity contribution in [2.75, 3.05) is 5.52 Å². The van der Waals surface area contributed by atoms with Gasteiger partial charge in [-0.05, 0) is 53.0 Å². The second-order valence-electron chi connectivity index (χ2n) is 4.23. The molecule has 1 aliphatic rings. The Labute approximate surface area is 110 Å². The van der Waals surface area contributed by atoms with E-state index in [0.29, 0.717) is 17.1 Å². The second-order valence-corrected chi connectivity index (χ2v) is 4.69. The van der Waals surface area contributed by atoms with Crippen LogP contribution in [0.5, 0.6) is 5.75 Å². The molecular formula is C13H16BrNO2. The first-order valence-corrected chi connectivity index (χ1v) is 7.01. The van der Waals surface area contributed by atoms with Gasteiger partial charge in [0.25, 0.3) is 5.91 Å². The van der Waals surface area contributed by atoms with Crippen LogP contribution in [-0.2, 0) is 0 Å². The smallest absolute Gasteiger partial charge is 0.251 e. The Bertz CT molecular complexity index is 372. The van der Waals surface area contributed by atoms with Gasteiger partial charge in [0.05, 0.1) is 0 Å². The summed E-state index contributed by atoms with van der Waals surface area (Å²) in [4.78, 5) is 11.9. The summed E-state index contributed by atoms with van der Waals surface area (Å²) in [6, 6.07) is 7.57. The van der Waals surface area contributed by atoms with Gasteiger partial charge in [0, 0.05) is 11.6 Å². The maximum atomic E-state index is 11.9. The number of carbonyl (C=O) groups is 1. The zero-order chi connectivity index (χ0) is 12.1. The van der Waals surface area contributed by atoms with Crippen molar-refractivity contribution >= 4 is 21.8 Å². The van der Waals surface area contributed by atoms with Gasteiger partial charge in [-0.1, -0.05) is 12.8 Å². The first kappa shape index (κ1) is 12.4. The van der Waals surface area contributed by atoms with Gasteiger partial charge in [-0.3, -0.25) is 4.79 Å². The number of carbonyl (C=O) groups excluding carboxylic acids is 1. The number of nitrogens with one attached hydrogen (secondary N) is 1. The van der Waals surface area contributed by atoms with E-state index in [1.54, 1.807) is 12.1 Å². The van der Waals surface area contributed by atoms with Gasteiger partial charge < -0.3 is 10.1 Å². The van der Waals surface area contributed by atoms with Crippen LogP contribution in [-0.4, -0.2) is 17.5 Å². The third-order valence-corrected chi connectivity index (χ3v) is 3.26. The highest BCUT2D eigenvalue weighted by Crippen LogP contribution is 2.18. The van der Waals surface area contributed by atoms with Crippen LogP contribution in [0.4, 0.5) is 0 Å². The molecule has 0 atom stereocenters. The number of alkyl halides is 1. The van der Waals surface area contributed by atoms with Crippen molar-refractivity contribution in [3.63, 3.8) is 0 Å². The Hall–Kier alpha value is -1.03. The maximum Gasteiger partial charge on any atom is 0.251 e. The Morgan fingerprint density at radius 2 is 1.94 bits per heavy atom. The van der Waals surface area contributed by atoms with Gasteiger partial charge in [0.15, 0.2) is 0 Å². The van der Waals surface area contributed by atoms with Crippen LogP contribution in [0.15, 0.2) is 24.3 Å². The van der Waals surface area contributed by atoms with Crippen LogP contribution in [0.1, 0.15) is 36.0 Å². The quantitative estimate of drug-likeness (QED) is 0.868. The van der Waals surface area contributed by atoms with E-state index in [0.717, 1.165) is 18.6 Å². The van der Waals surface area contributed by atoms with Crippen LogP contribution < -0.4 is 10.1 Å². The molecular weight excluding hydrogens is 282 g/mol. The van der Waals surface area contributed by atoms with Gasteiger partial charge in [0.2, 0.25) is 0 Å². The molecule has 0 saturated heterocycles. The van der Waals surface area contributed by atoms with E-state index in [1.807, 2.05) is 12.1 Å². The van der Waals surface area contributed by atoms with E-state index in [2.05, 4.69) is 21.2 Å². The molecule has 1 aromatic rings. The summed E-state index contributed by atoms with van der Waals surface area (Å²) in [5.74, 6) is 0.779. The number of benzene rings is 1. The van der Waals surface area contributed by atoms with Crippen molar-refractivity contribution in [2.24, 2.45) is 0 Å². The van der Waals surface area contributed by atoms with Crippen LogP contribution in [0.3, 0.4) is 0 Å². The summed E-state index contributed by atoms with van der Waals surface area (Å²) in [5.41, 5.74) is 1.15. The molecule has 0 unspecified atom stereocenters. The van der Waals surface area contributed by atoms with E-state index < -0.39 is 0 Å². The van der Waals surface area contributed by atoms with Crippen molar-refractivity contribution in [3.8, 4) is 5.75 Å². The third kappa shape index (κ3) is 3.46. The van der Waals surface area contributed by atoms with Crippen molar-refractivity contribution in [3.05, 3.63) is 29.8 Å². The lowest BCUT2D eigenvalue weighted by Gasteiger charge is -2.12. The molecule has 2 rings (SSSR count). The summed E-state index contributed by atoms with van der Waals surface area (Å²) in [6.45, 7) is 0. The van der Waals surface area contributed by atoms with Crippen LogP contribution in [0, 0.1) is 0 Å². The van der Waals surface area contributed by atoms with Gasteiger partial charge in [-0.15, -0.1) is 0 Å². The molecule has 0 spiro atoms. The topological polar surface area (TPSA) is 38.3 Å². The number of halogens is 1. The summed E-state index contributed by atoms with van der Waals surface area (Å²) < 4.78 is 5.26. The van der Waals surface area contributed by atoms with Gasteiger partial charge in [0.1, 0.15) is 11.3 Å². The molecule has 0 aromatic heterocycles. The summed E-state index contributed by atoms with van der Waals surface area (Å²) in [7, 11) is 0. The normalized spacial score (nSPS) is 15.8. The molecule has 1 aliphatic carbocycles. The number of hydrogen-bond donors (Lipinski definition) is 1. The minimum atomic E-state index is 0.0160. The fourth-order valence-electron chi connectivity index (χ4n) is 2.10. The molecule has 4 heteroatoms. The van der Waals surface area contributed by atoms with E-state index in [4.69, 9.17) is 4.74 Å². The lowest BCUT2D eigenvalue weighted by molar-refractivity contribution is 0.0938. The zero-order valence-electron chi connectivity index (χ0n) is 9.62.